The molecule has 7 heteroatoms. The van der Waals surface area contributed by atoms with Gasteiger partial charge in [0.1, 0.15) is 11.5 Å². The first-order valence-electron chi connectivity index (χ1n) is 6.16. The standard InChI is InChI=1S/C15H12Cl2N2O3/c1-22-12-4-2-3-9(6-12)15(21)19-18-8-10-5-11(16)7-13(17)14(10)20/h2-8,20H,1H3,(H,19,21)/b18-8+. The Morgan fingerprint density at radius 1 is 1.32 bits per heavy atom. The van der Waals surface area contributed by atoms with E-state index in [0.717, 1.165) is 0 Å². The van der Waals surface area contributed by atoms with Gasteiger partial charge in [-0.25, -0.2) is 5.43 Å². The molecule has 22 heavy (non-hydrogen) atoms. The minimum Gasteiger partial charge on any atom is -0.506 e. The third kappa shape index (κ3) is 3.90. The second-order valence-electron chi connectivity index (χ2n) is 4.26. The lowest BCUT2D eigenvalue weighted by Crippen LogP contribution is -2.17. The topological polar surface area (TPSA) is 70.9 Å². The molecule has 0 bridgehead atoms. The average Bonchev–Trinajstić information content (AvgIpc) is 2.51. The van der Waals surface area contributed by atoms with Crippen LogP contribution in [0.1, 0.15) is 15.9 Å². The number of benzene rings is 2. The monoisotopic (exact) mass is 338 g/mol. The Labute approximate surface area is 137 Å². The molecule has 0 atom stereocenters. The molecule has 2 aromatic rings. The van der Waals surface area contributed by atoms with Crippen molar-refractivity contribution in [2.45, 2.75) is 0 Å². The highest BCUT2D eigenvalue weighted by atomic mass is 35.5. The van der Waals surface area contributed by atoms with E-state index in [1.165, 1.54) is 25.5 Å². The van der Waals surface area contributed by atoms with Gasteiger partial charge in [0.05, 0.1) is 18.3 Å². The van der Waals surface area contributed by atoms with Crippen molar-refractivity contribution in [1.82, 2.24) is 5.43 Å². The number of phenolic OH excluding ortho intramolecular Hbond substituents is 1. The Morgan fingerprint density at radius 3 is 2.82 bits per heavy atom. The van der Waals surface area contributed by atoms with Crippen LogP contribution in [0.5, 0.6) is 11.5 Å². The van der Waals surface area contributed by atoms with Crippen molar-refractivity contribution < 1.29 is 14.6 Å². The summed E-state index contributed by atoms with van der Waals surface area (Å²) in [4.78, 5) is 11.9. The third-order valence-electron chi connectivity index (χ3n) is 2.76. The Balaban J connectivity index is 2.10. The molecule has 0 aliphatic rings. The molecule has 114 valence electrons. The van der Waals surface area contributed by atoms with Crippen molar-refractivity contribution >= 4 is 35.3 Å². The maximum atomic E-state index is 11.9. The fourth-order valence-corrected chi connectivity index (χ4v) is 2.18. The molecule has 2 N–H and O–H groups in total. The van der Waals surface area contributed by atoms with Gasteiger partial charge in [0.2, 0.25) is 0 Å². The summed E-state index contributed by atoms with van der Waals surface area (Å²) in [6.07, 6.45) is 1.26. The average molecular weight is 339 g/mol. The Hall–Kier alpha value is -2.24. The van der Waals surface area contributed by atoms with Crippen LogP contribution in [0.15, 0.2) is 41.5 Å². The number of nitrogens with zero attached hydrogens (tertiary/aromatic N) is 1. The number of nitrogens with one attached hydrogen (secondary N) is 1. The molecule has 0 unspecified atom stereocenters. The zero-order chi connectivity index (χ0) is 16.1. The van der Waals surface area contributed by atoms with Gasteiger partial charge < -0.3 is 9.84 Å². The molecule has 0 radical (unpaired) electrons. The van der Waals surface area contributed by atoms with E-state index in [4.69, 9.17) is 27.9 Å². The Bertz CT molecular complexity index is 733. The van der Waals surface area contributed by atoms with Crippen molar-refractivity contribution in [2.24, 2.45) is 5.10 Å². The molecule has 1 amide bonds. The quantitative estimate of drug-likeness (QED) is 0.662. The van der Waals surface area contributed by atoms with E-state index < -0.39 is 5.91 Å². The molecule has 0 aromatic heterocycles. The van der Waals surface area contributed by atoms with E-state index in [9.17, 15) is 9.90 Å². The number of hydrogen-bond donors (Lipinski definition) is 2. The van der Waals surface area contributed by atoms with E-state index in [0.29, 0.717) is 21.9 Å². The largest absolute Gasteiger partial charge is 0.506 e. The first-order chi connectivity index (χ1) is 10.5. The van der Waals surface area contributed by atoms with E-state index in [1.54, 1.807) is 24.3 Å². The van der Waals surface area contributed by atoms with Crippen molar-refractivity contribution in [3.05, 3.63) is 57.6 Å². The second kappa shape index (κ2) is 7.15. The highest BCUT2D eigenvalue weighted by Crippen LogP contribution is 2.29. The number of aromatic hydroxyl groups is 1. The van der Waals surface area contributed by atoms with Gasteiger partial charge in [-0.2, -0.15) is 5.10 Å². The lowest BCUT2D eigenvalue weighted by molar-refractivity contribution is 0.0955. The molecular weight excluding hydrogens is 327 g/mol. The molecule has 2 rings (SSSR count). The summed E-state index contributed by atoms with van der Waals surface area (Å²) in [6, 6.07) is 9.51. The van der Waals surface area contributed by atoms with Crippen molar-refractivity contribution in [1.29, 1.82) is 0 Å². The van der Waals surface area contributed by atoms with Crippen LogP contribution in [0.4, 0.5) is 0 Å². The van der Waals surface area contributed by atoms with Gasteiger partial charge in [-0.05, 0) is 30.3 Å². The summed E-state index contributed by atoms with van der Waals surface area (Å²) >= 11 is 11.6. The zero-order valence-corrected chi connectivity index (χ0v) is 13.0. The van der Waals surface area contributed by atoms with Crippen LogP contribution < -0.4 is 10.2 Å². The number of carbonyl (C=O) groups excluding carboxylic acids is 1. The number of methoxy groups -OCH3 is 1. The summed E-state index contributed by atoms with van der Waals surface area (Å²) in [7, 11) is 1.51. The fraction of sp³-hybridized carbons (Fsp3) is 0.0667. The van der Waals surface area contributed by atoms with E-state index in [1.807, 2.05) is 0 Å². The van der Waals surface area contributed by atoms with E-state index in [-0.39, 0.29) is 10.8 Å². The summed E-state index contributed by atoms with van der Waals surface area (Å²) in [6.45, 7) is 0. The highest BCUT2D eigenvalue weighted by Gasteiger charge is 2.07. The molecule has 2 aromatic carbocycles. The van der Waals surface area contributed by atoms with Gasteiger partial charge in [-0.3, -0.25) is 4.79 Å². The number of phenols is 1. The third-order valence-corrected chi connectivity index (χ3v) is 3.27. The number of hydrazone groups is 1. The second-order valence-corrected chi connectivity index (χ2v) is 5.10. The lowest BCUT2D eigenvalue weighted by Gasteiger charge is -2.04. The van der Waals surface area contributed by atoms with E-state index in [2.05, 4.69) is 10.5 Å². The smallest absolute Gasteiger partial charge is 0.271 e. The van der Waals surface area contributed by atoms with Crippen LogP contribution in [0.3, 0.4) is 0 Å². The molecule has 5 nitrogen and oxygen atoms in total. The Morgan fingerprint density at radius 2 is 2.09 bits per heavy atom. The minimum absolute atomic E-state index is 0.105. The summed E-state index contributed by atoms with van der Waals surface area (Å²) < 4.78 is 5.04. The molecule has 0 saturated heterocycles. The summed E-state index contributed by atoms with van der Waals surface area (Å²) in [5.41, 5.74) is 3.03. The minimum atomic E-state index is -0.414. The van der Waals surface area contributed by atoms with Gasteiger partial charge in [0.15, 0.2) is 0 Å². The molecule has 0 aliphatic carbocycles. The SMILES string of the molecule is COc1cccc(C(=O)N/N=C/c2cc(Cl)cc(Cl)c2O)c1. The molecule has 0 saturated carbocycles. The van der Waals surface area contributed by atoms with Gasteiger partial charge in [0.25, 0.3) is 5.91 Å². The predicted molar refractivity (Wildman–Crippen MR) is 86.2 cm³/mol. The van der Waals surface area contributed by atoms with Gasteiger partial charge in [-0.15, -0.1) is 0 Å². The fourth-order valence-electron chi connectivity index (χ4n) is 1.67. The van der Waals surface area contributed by atoms with E-state index >= 15 is 0 Å². The van der Waals surface area contributed by atoms with Crippen LogP contribution in [0.25, 0.3) is 0 Å². The number of halogens is 2. The van der Waals surface area contributed by atoms with Gasteiger partial charge in [0, 0.05) is 16.1 Å². The predicted octanol–water partition coefficient (Wildman–Crippen LogP) is 3.47. The van der Waals surface area contributed by atoms with Crippen molar-refractivity contribution in [3.8, 4) is 11.5 Å². The van der Waals surface area contributed by atoms with Crippen LogP contribution in [-0.2, 0) is 0 Å². The molecular formula is C15H12Cl2N2O3. The summed E-state index contributed by atoms with van der Waals surface area (Å²) in [5.74, 6) is -0.0101. The number of ether oxygens (including phenoxy) is 1. The van der Waals surface area contributed by atoms with Gasteiger partial charge >= 0.3 is 0 Å². The number of carbonyl (C=O) groups is 1. The Kier molecular flexibility index (Phi) is 5.25. The molecule has 0 spiro atoms. The molecule has 0 aliphatic heterocycles. The first kappa shape index (κ1) is 16.1. The number of amides is 1. The first-order valence-corrected chi connectivity index (χ1v) is 6.92. The van der Waals surface area contributed by atoms with Crippen molar-refractivity contribution in [2.75, 3.05) is 7.11 Å². The normalized spacial score (nSPS) is 10.7. The van der Waals surface area contributed by atoms with Crippen molar-refractivity contribution in [3.63, 3.8) is 0 Å². The van der Waals surface area contributed by atoms with Crippen LogP contribution >= 0.6 is 23.2 Å². The molecule has 0 fully saturated rings. The van der Waals surface area contributed by atoms with Crippen LogP contribution in [0, 0.1) is 0 Å². The van der Waals surface area contributed by atoms with Crippen LogP contribution in [0.2, 0.25) is 10.0 Å². The lowest BCUT2D eigenvalue weighted by atomic mass is 10.2. The molecule has 0 heterocycles. The number of rotatable bonds is 4. The maximum absolute atomic E-state index is 11.9. The highest BCUT2D eigenvalue weighted by molar-refractivity contribution is 6.36. The van der Waals surface area contributed by atoms with Crippen LogP contribution in [-0.4, -0.2) is 24.3 Å². The number of hydrogen-bond acceptors (Lipinski definition) is 4. The zero-order valence-electron chi connectivity index (χ0n) is 11.5. The van der Waals surface area contributed by atoms with Gasteiger partial charge in [-0.1, -0.05) is 29.3 Å². The maximum Gasteiger partial charge on any atom is 0.271 e. The summed E-state index contributed by atoms with van der Waals surface area (Å²) in [5, 5.41) is 14.0.